The summed E-state index contributed by atoms with van der Waals surface area (Å²) in [6.45, 7) is 2.52. The molecule has 0 aromatic carbocycles. The van der Waals surface area contributed by atoms with Gasteiger partial charge in [-0.1, -0.05) is 11.6 Å². The number of hydrogen-bond donors (Lipinski definition) is 2. The second-order valence-corrected chi connectivity index (χ2v) is 5.97. The van der Waals surface area contributed by atoms with Gasteiger partial charge in [-0.05, 0) is 44.9 Å². The zero-order valence-electron chi connectivity index (χ0n) is 13.1. The van der Waals surface area contributed by atoms with E-state index in [9.17, 15) is 0 Å². The number of nitrogens with zero attached hydrogens (tertiary/aromatic N) is 3. The van der Waals surface area contributed by atoms with Crippen LogP contribution in [0.3, 0.4) is 0 Å². The van der Waals surface area contributed by atoms with Crippen LogP contribution in [-0.4, -0.2) is 41.0 Å². The maximum absolute atomic E-state index is 5.59. The minimum atomic E-state index is 0.296. The van der Waals surface area contributed by atoms with Crippen LogP contribution < -0.4 is 10.6 Å². The Kier molecular flexibility index (Phi) is 5.59. The van der Waals surface area contributed by atoms with Gasteiger partial charge in [0.25, 0.3) is 0 Å². The highest BCUT2D eigenvalue weighted by molar-refractivity contribution is 5.37. The molecule has 1 unspecified atom stereocenters. The van der Waals surface area contributed by atoms with Crippen LogP contribution in [0.25, 0.3) is 0 Å². The predicted molar refractivity (Wildman–Crippen MR) is 86.9 cm³/mol. The molecule has 0 amide bonds. The van der Waals surface area contributed by atoms with Gasteiger partial charge in [-0.25, -0.2) is 0 Å². The first-order chi connectivity index (χ1) is 10.9. The van der Waals surface area contributed by atoms with Crippen molar-refractivity contribution in [1.82, 2.24) is 15.2 Å². The van der Waals surface area contributed by atoms with E-state index in [1.165, 1.54) is 25.7 Å². The van der Waals surface area contributed by atoms with Gasteiger partial charge >= 0.3 is 0 Å². The fourth-order valence-corrected chi connectivity index (χ4v) is 2.95. The highest BCUT2D eigenvalue weighted by Crippen LogP contribution is 2.19. The van der Waals surface area contributed by atoms with E-state index in [1.54, 1.807) is 11.8 Å². The van der Waals surface area contributed by atoms with Crippen LogP contribution in [0, 0.1) is 0 Å². The van der Waals surface area contributed by atoms with Crippen LogP contribution >= 0.6 is 0 Å². The van der Waals surface area contributed by atoms with E-state index in [2.05, 4.69) is 31.9 Å². The molecule has 1 aromatic rings. The molecule has 1 fully saturated rings. The Bertz CT molecular complexity index is 499. The normalized spacial score (nSPS) is 21.5. The third-order valence-electron chi connectivity index (χ3n) is 4.21. The topological polar surface area (TPSA) is 72.0 Å². The van der Waals surface area contributed by atoms with Gasteiger partial charge in [0, 0.05) is 19.7 Å². The van der Waals surface area contributed by atoms with Crippen molar-refractivity contribution >= 4 is 11.8 Å². The molecule has 0 radical (unpaired) electrons. The third-order valence-corrected chi connectivity index (χ3v) is 4.21. The lowest BCUT2D eigenvalue weighted by Gasteiger charge is -2.13. The van der Waals surface area contributed by atoms with E-state index < -0.39 is 0 Å². The Labute approximate surface area is 131 Å². The minimum Gasteiger partial charge on any atom is -0.376 e. The molecule has 1 aliphatic carbocycles. The summed E-state index contributed by atoms with van der Waals surface area (Å²) < 4.78 is 5.59. The molecule has 0 bridgehead atoms. The molecule has 0 saturated carbocycles. The van der Waals surface area contributed by atoms with E-state index >= 15 is 0 Å². The van der Waals surface area contributed by atoms with Gasteiger partial charge in [0.1, 0.15) is 0 Å². The Hall–Kier alpha value is -1.69. The SMILES string of the molecule is C1=C(CCNc2nncc(NCC3CCCO3)n2)CCCC1. The monoisotopic (exact) mass is 303 g/mol. The summed E-state index contributed by atoms with van der Waals surface area (Å²) in [5.41, 5.74) is 1.55. The Morgan fingerprint density at radius 1 is 1.23 bits per heavy atom. The van der Waals surface area contributed by atoms with Crippen molar-refractivity contribution in [3.63, 3.8) is 0 Å². The van der Waals surface area contributed by atoms with E-state index in [-0.39, 0.29) is 0 Å². The average molecular weight is 303 g/mol. The molecule has 6 nitrogen and oxygen atoms in total. The molecule has 1 aliphatic heterocycles. The van der Waals surface area contributed by atoms with Crippen LogP contribution in [0.1, 0.15) is 44.9 Å². The lowest BCUT2D eigenvalue weighted by Crippen LogP contribution is -2.19. The standard InChI is InChI=1S/C16H25N5O/c1-2-5-13(6-3-1)8-9-17-16-20-15(12-19-21-16)18-11-14-7-4-10-22-14/h5,12,14H,1-4,6-11H2,(H2,17,18,20,21). The number of nitrogens with one attached hydrogen (secondary N) is 2. The number of rotatable bonds is 7. The maximum Gasteiger partial charge on any atom is 0.244 e. The van der Waals surface area contributed by atoms with Crippen LogP contribution in [0.4, 0.5) is 11.8 Å². The molecule has 1 atom stereocenters. The second-order valence-electron chi connectivity index (χ2n) is 5.97. The number of hydrogen-bond acceptors (Lipinski definition) is 6. The molecule has 2 N–H and O–H groups in total. The molecule has 2 aliphatic rings. The summed E-state index contributed by atoms with van der Waals surface area (Å²) in [7, 11) is 0. The summed E-state index contributed by atoms with van der Waals surface area (Å²) in [5.74, 6) is 1.35. The molecule has 22 heavy (non-hydrogen) atoms. The molecule has 1 aromatic heterocycles. The van der Waals surface area contributed by atoms with Crippen LogP contribution in [-0.2, 0) is 4.74 Å². The molecule has 6 heteroatoms. The second kappa shape index (κ2) is 8.08. The first kappa shape index (κ1) is 15.2. The number of anilines is 2. The predicted octanol–water partition coefficient (Wildman–Crippen LogP) is 2.76. The van der Waals surface area contributed by atoms with Crippen molar-refractivity contribution in [2.24, 2.45) is 0 Å². The van der Waals surface area contributed by atoms with E-state index in [0.29, 0.717) is 12.1 Å². The highest BCUT2D eigenvalue weighted by Gasteiger charge is 2.15. The fourth-order valence-electron chi connectivity index (χ4n) is 2.95. The van der Waals surface area contributed by atoms with Crippen molar-refractivity contribution in [3.05, 3.63) is 17.8 Å². The molecule has 1 saturated heterocycles. The van der Waals surface area contributed by atoms with Gasteiger partial charge in [-0.2, -0.15) is 10.1 Å². The van der Waals surface area contributed by atoms with Crippen LogP contribution in [0.2, 0.25) is 0 Å². The summed E-state index contributed by atoms with van der Waals surface area (Å²) >= 11 is 0. The van der Waals surface area contributed by atoms with Gasteiger partial charge in [-0.3, -0.25) is 0 Å². The fraction of sp³-hybridized carbons (Fsp3) is 0.688. The zero-order valence-corrected chi connectivity index (χ0v) is 13.1. The van der Waals surface area contributed by atoms with Crippen molar-refractivity contribution in [2.75, 3.05) is 30.3 Å². The summed E-state index contributed by atoms with van der Waals surface area (Å²) in [6, 6.07) is 0. The Morgan fingerprint density at radius 3 is 3.05 bits per heavy atom. The molecule has 120 valence electrons. The summed E-state index contributed by atoms with van der Waals surface area (Å²) in [4.78, 5) is 4.45. The summed E-state index contributed by atoms with van der Waals surface area (Å²) in [5, 5.41) is 14.6. The van der Waals surface area contributed by atoms with E-state index in [0.717, 1.165) is 44.8 Å². The molecular weight excluding hydrogens is 278 g/mol. The van der Waals surface area contributed by atoms with Gasteiger partial charge < -0.3 is 15.4 Å². The Morgan fingerprint density at radius 2 is 2.23 bits per heavy atom. The first-order valence-electron chi connectivity index (χ1n) is 8.37. The van der Waals surface area contributed by atoms with Crippen LogP contribution in [0.5, 0.6) is 0 Å². The van der Waals surface area contributed by atoms with Gasteiger partial charge in [0.15, 0.2) is 5.82 Å². The maximum atomic E-state index is 5.59. The van der Waals surface area contributed by atoms with E-state index in [1.807, 2.05) is 0 Å². The largest absolute Gasteiger partial charge is 0.376 e. The van der Waals surface area contributed by atoms with Gasteiger partial charge in [0.05, 0.1) is 12.3 Å². The summed E-state index contributed by atoms with van der Waals surface area (Å²) in [6.07, 6.45) is 12.8. The minimum absolute atomic E-state index is 0.296. The smallest absolute Gasteiger partial charge is 0.244 e. The molecular formula is C16H25N5O. The average Bonchev–Trinajstić information content (AvgIpc) is 3.08. The first-order valence-corrected chi connectivity index (χ1v) is 8.37. The molecule has 3 rings (SSSR count). The van der Waals surface area contributed by atoms with Crippen molar-refractivity contribution in [2.45, 2.75) is 51.0 Å². The quantitative estimate of drug-likeness (QED) is 0.755. The highest BCUT2D eigenvalue weighted by atomic mass is 16.5. The molecule has 2 heterocycles. The zero-order chi connectivity index (χ0) is 15.0. The lowest BCUT2D eigenvalue weighted by atomic mass is 9.97. The van der Waals surface area contributed by atoms with Gasteiger partial charge in [-0.15, -0.1) is 5.10 Å². The number of aromatic nitrogens is 3. The van der Waals surface area contributed by atoms with Crippen molar-refractivity contribution in [3.8, 4) is 0 Å². The number of ether oxygens (including phenoxy) is 1. The third kappa shape index (κ3) is 4.66. The van der Waals surface area contributed by atoms with Crippen molar-refractivity contribution < 1.29 is 4.74 Å². The molecule has 0 spiro atoms. The van der Waals surface area contributed by atoms with Crippen LogP contribution in [0.15, 0.2) is 17.8 Å². The van der Waals surface area contributed by atoms with E-state index in [4.69, 9.17) is 4.74 Å². The Balaban J connectivity index is 1.42. The van der Waals surface area contributed by atoms with Gasteiger partial charge in [0.2, 0.25) is 5.95 Å². The van der Waals surface area contributed by atoms with Crippen molar-refractivity contribution in [1.29, 1.82) is 0 Å². The number of allylic oxidation sites excluding steroid dienone is 1. The lowest BCUT2D eigenvalue weighted by molar-refractivity contribution is 0.120.